The van der Waals surface area contributed by atoms with Gasteiger partial charge in [0.05, 0.1) is 34.1 Å². The van der Waals surface area contributed by atoms with Crippen molar-refractivity contribution in [3.05, 3.63) is 27.5 Å². The molecule has 4 rings (SSSR count). The van der Waals surface area contributed by atoms with Gasteiger partial charge in [0.25, 0.3) is 5.91 Å². The number of hydrogen-bond acceptors (Lipinski definition) is 4. The lowest BCUT2D eigenvalue weighted by Crippen LogP contribution is -2.38. The molecule has 2 aromatic heterocycles. The average Bonchev–Trinajstić information content (AvgIpc) is 2.91. The third-order valence-corrected chi connectivity index (χ3v) is 5.73. The molecule has 8 heteroatoms. The van der Waals surface area contributed by atoms with Crippen LogP contribution < -0.4 is 11.1 Å². The number of fused-ring (bicyclic) bond motifs is 1. The Morgan fingerprint density at radius 1 is 1.48 bits per heavy atom. The van der Waals surface area contributed by atoms with Gasteiger partial charge in [-0.1, -0.05) is 29.1 Å². The number of ether oxygens (including phenoxy) is 1. The molecule has 2 aliphatic heterocycles. The summed E-state index contributed by atoms with van der Waals surface area (Å²) in [7, 11) is 0. The highest BCUT2D eigenvalue weighted by atomic mass is 35.5. The molecule has 3 N–H and O–H groups in total. The zero-order valence-electron chi connectivity index (χ0n) is 14.9. The molecular weight excluding hydrogens is 387 g/mol. The molecule has 4 heterocycles. The maximum atomic E-state index is 11.7. The van der Waals surface area contributed by atoms with Crippen molar-refractivity contribution in [3.63, 3.8) is 0 Å². The molecule has 2 saturated heterocycles. The van der Waals surface area contributed by atoms with Gasteiger partial charge in [0.15, 0.2) is 0 Å². The summed E-state index contributed by atoms with van der Waals surface area (Å²) in [6.45, 7) is 5.01. The third kappa shape index (κ3) is 3.30. The zero-order valence-corrected chi connectivity index (χ0v) is 16.5. The van der Waals surface area contributed by atoms with Crippen molar-refractivity contribution >= 4 is 40.1 Å². The molecule has 2 aromatic rings. The second kappa shape index (κ2) is 6.99. The van der Waals surface area contributed by atoms with Gasteiger partial charge in [-0.05, 0) is 38.3 Å². The first kappa shape index (κ1) is 18.6. The lowest BCUT2D eigenvalue weighted by molar-refractivity contribution is -0.0648. The topological polar surface area (TPSA) is 82.2 Å². The van der Waals surface area contributed by atoms with Crippen LogP contribution in [0.2, 0.25) is 10.0 Å². The van der Waals surface area contributed by atoms with E-state index in [-0.39, 0.29) is 17.2 Å². The van der Waals surface area contributed by atoms with E-state index in [1.54, 1.807) is 0 Å². The van der Waals surface area contributed by atoms with Gasteiger partial charge in [-0.3, -0.25) is 4.79 Å². The van der Waals surface area contributed by atoms with Gasteiger partial charge in [-0.25, -0.2) is 4.98 Å². The molecule has 2 aliphatic rings. The normalized spacial score (nSPS) is 21.4. The summed E-state index contributed by atoms with van der Waals surface area (Å²) >= 11 is 13.1. The van der Waals surface area contributed by atoms with Crippen molar-refractivity contribution in [2.45, 2.75) is 25.8 Å². The van der Waals surface area contributed by atoms with Crippen molar-refractivity contribution in [2.75, 3.05) is 26.3 Å². The van der Waals surface area contributed by atoms with Crippen LogP contribution in [0.5, 0.6) is 0 Å². The van der Waals surface area contributed by atoms with Gasteiger partial charge in [0.1, 0.15) is 17.0 Å². The van der Waals surface area contributed by atoms with Gasteiger partial charge in [-0.15, -0.1) is 0 Å². The Morgan fingerprint density at radius 2 is 2.26 bits per heavy atom. The fourth-order valence-corrected chi connectivity index (χ4v) is 4.21. The van der Waals surface area contributed by atoms with E-state index in [9.17, 15) is 4.79 Å². The fourth-order valence-electron chi connectivity index (χ4n) is 3.55. The van der Waals surface area contributed by atoms with Crippen LogP contribution in [0, 0.1) is 17.3 Å². The van der Waals surface area contributed by atoms with E-state index in [2.05, 4.69) is 29.1 Å². The minimum absolute atomic E-state index is 0.116. The van der Waals surface area contributed by atoms with Crippen molar-refractivity contribution in [1.29, 1.82) is 0 Å². The van der Waals surface area contributed by atoms with E-state index in [0.29, 0.717) is 40.0 Å². The summed E-state index contributed by atoms with van der Waals surface area (Å²) in [5.74, 6) is 5.90. The number of rotatable bonds is 2. The van der Waals surface area contributed by atoms with E-state index in [0.717, 1.165) is 25.9 Å². The van der Waals surface area contributed by atoms with E-state index in [1.165, 1.54) is 6.07 Å². The maximum Gasteiger partial charge on any atom is 0.267 e. The monoisotopic (exact) mass is 406 g/mol. The summed E-state index contributed by atoms with van der Waals surface area (Å²) in [4.78, 5) is 16.2. The Balaban J connectivity index is 1.95. The molecule has 0 aliphatic carbocycles. The largest absolute Gasteiger partial charge is 0.378 e. The van der Waals surface area contributed by atoms with Crippen LogP contribution in [0.1, 0.15) is 42.0 Å². The Morgan fingerprint density at radius 3 is 2.85 bits per heavy atom. The predicted octanol–water partition coefficient (Wildman–Crippen LogP) is 2.75. The summed E-state index contributed by atoms with van der Waals surface area (Å²) < 4.78 is 7.30. The molecule has 0 aromatic carbocycles. The number of aromatic nitrogens is 2. The van der Waals surface area contributed by atoms with Crippen LogP contribution in [-0.2, 0) is 4.74 Å². The van der Waals surface area contributed by atoms with Crippen LogP contribution >= 0.6 is 23.2 Å². The minimum Gasteiger partial charge on any atom is -0.378 e. The number of nitrogens with zero attached hydrogens (tertiary/aromatic N) is 2. The highest BCUT2D eigenvalue weighted by Gasteiger charge is 2.32. The van der Waals surface area contributed by atoms with Gasteiger partial charge >= 0.3 is 0 Å². The molecule has 0 saturated carbocycles. The third-order valence-electron chi connectivity index (χ3n) is 5.06. The van der Waals surface area contributed by atoms with Gasteiger partial charge < -0.3 is 20.4 Å². The first-order valence-electron chi connectivity index (χ1n) is 8.91. The summed E-state index contributed by atoms with van der Waals surface area (Å²) in [5.41, 5.74) is 6.59. The number of amides is 1. The molecule has 0 spiro atoms. The standard InChI is InChI=1S/C19H20Cl2N4O2/c1-19(9-27-10-19)5-4-14-16(21)15-12(20)7-13(17(22)26)24-18(15)25(14)11-3-2-6-23-8-11/h7,11,23H,2-3,6,8-10H2,1H3,(H2,22,26)/t11-/m0/s1. The fraction of sp³-hybridized carbons (Fsp3) is 0.474. The summed E-state index contributed by atoms with van der Waals surface area (Å²) in [6.07, 6.45) is 1.99. The Labute approximate surface area is 167 Å². The molecule has 2 fully saturated rings. The van der Waals surface area contributed by atoms with Crippen LogP contribution in [0.4, 0.5) is 0 Å². The first-order valence-corrected chi connectivity index (χ1v) is 9.66. The lowest BCUT2D eigenvalue weighted by atomic mass is 9.89. The van der Waals surface area contributed by atoms with Crippen LogP contribution in [0.25, 0.3) is 11.0 Å². The van der Waals surface area contributed by atoms with Crippen LogP contribution in [-0.4, -0.2) is 41.8 Å². The summed E-state index contributed by atoms with van der Waals surface area (Å²) in [5, 5.41) is 4.81. The predicted molar refractivity (Wildman–Crippen MR) is 105 cm³/mol. The number of halogens is 2. The highest BCUT2D eigenvalue weighted by Crippen LogP contribution is 2.38. The number of hydrogen-bond donors (Lipinski definition) is 2. The molecule has 142 valence electrons. The van der Waals surface area contributed by atoms with E-state index >= 15 is 0 Å². The number of carbonyl (C=O) groups is 1. The Bertz CT molecular complexity index is 979. The van der Waals surface area contributed by atoms with E-state index in [4.69, 9.17) is 33.7 Å². The van der Waals surface area contributed by atoms with E-state index < -0.39 is 5.91 Å². The number of nitrogens with two attached hydrogens (primary N) is 1. The second-order valence-electron chi connectivity index (χ2n) is 7.39. The first-order chi connectivity index (χ1) is 12.9. The summed E-state index contributed by atoms with van der Waals surface area (Å²) in [6, 6.07) is 1.58. The number of carbonyl (C=O) groups excluding carboxylic acids is 1. The average molecular weight is 407 g/mol. The lowest BCUT2D eigenvalue weighted by Gasteiger charge is -2.32. The maximum absolute atomic E-state index is 11.7. The molecule has 1 atom stereocenters. The van der Waals surface area contributed by atoms with Crippen molar-refractivity contribution in [3.8, 4) is 11.8 Å². The SMILES string of the molecule is CC1(C#Cc2c(Cl)c3c(Cl)cc(C(N)=O)nc3n2[C@H]2CCCNC2)COC1. The van der Waals surface area contributed by atoms with Gasteiger partial charge in [0.2, 0.25) is 0 Å². The van der Waals surface area contributed by atoms with Crippen LogP contribution in [0.15, 0.2) is 6.07 Å². The Hall–Kier alpha value is -1.78. The van der Waals surface area contributed by atoms with Gasteiger partial charge in [0, 0.05) is 12.6 Å². The zero-order chi connectivity index (χ0) is 19.2. The number of pyridine rings is 1. The highest BCUT2D eigenvalue weighted by molar-refractivity contribution is 6.43. The van der Waals surface area contributed by atoms with Crippen molar-refractivity contribution < 1.29 is 9.53 Å². The molecular formula is C19H20Cl2N4O2. The molecule has 0 unspecified atom stereocenters. The van der Waals surface area contributed by atoms with Gasteiger partial charge in [-0.2, -0.15) is 0 Å². The minimum atomic E-state index is -0.629. The second-order valence-corrected chi connectivity index (χ2v) is 8.17. The quantitative estimate of drug-likeness (QED) is 0.751. The van der Waals surface area contributed by atoms with Crippen molar-refractivity contribution in [1.82, 2.24) is 14.9 Å². The molecule has 0 bridgehead atoms. The Kier molecular flexibility index (Phi) is 4.81. The molecule has 27 heavy (non-hydrogen) atoms. The van der Waals surface area contributed by atoms with E-state index in [1.807, 2.05) is 4.57 Å². The van der Waals surface area contributed by atoms with Crippen molar-refractivity contribution in [2.24, 2.45) is 11.1 Å². The van der Waals surface area contributed by atoms with Crippen LogP contribution in [0.3, 0.4) is 0 Å². The molecule has 0 radical (unpaired) electrons. The number of nitrogens with one attached hydrogen (secondary N) is 1. The molecule has 1 amide bonds. The number of piperidine rings is 1. The molecule has 6 nitrogen and oxygen atoms in total. The smallest absolute Gasteiger partial charge is 0.267 e. The number of primary amides is 1.